The number of carbonyl (C=O) groups excluding carboxylic acids is 1. The average Bonchev–Trinajstić information content (AvgIpc) is 2.34. The van der Waals surface area contributed by atoms with Crippen LogP contribution in [0.4, 0.5) is 5.69 Å². The molecule has 0 aliphatic rings. The zero-order valence-electron chi connectivity index (χ0n) is 10.8. The van der Waals surface area contributed by atoms with E-state index in [-0.39, 0.29) is 12.3 Å². The van der Waals surface area contributed by atoms with Gasteiger partial charge in [0.2, 0.25) is 0 Å². The molecule has 0 saturated carbocycles. The molecule has 1 aromatic carbocycles. The molecule has 0 spiro atoms. The third-order valence-corrected chi connectivity index (χ3v) is 2.25. The van der Waals surface area contributed by atoms with Crippen molar-refractivity contribution in [1.82, 2.24) is 0 Å². The van der Waals surface area contributed by atoms with E-state index in [0.717, 1.165) is 0 Å². The molecule has 0 saturated heterocycles. The van der Waals surface area contributed by atoms with Crippen molar-refractivity contribution in [2.75, 3.05) is 13.2 Å². The average molecular weight is 265 g/mol. The summed E-state index contributed by atoms with van der Waals surface area (Å²) in [6, 6.07) is 4.49. The van der Waals surface area contributed by atoms with E-state index in [9.17, 15) is 14.9 Å². The highest BCUT2D eigenvalue weighted by Crippen LogP contribution is 2.22. The maximum absolute atomic E-state index is 11.0. The number of hydrogen-bond acceptors (Lipinski definition) is 5. The van der Waals surface area contributed by atoms with Crippen LogP contribution in [0, 0.1) is 17.0 Å². The molecule has 0 aromatic heterocycles. The Hall–Kier alpha value is -2.37. The lowest BCUT2D eigenvalue weighted by Gasteiger charge is -2.04. The van der Waals surface area contributed by atoms with Crippen molar-refractivity contribution in [2.24, 2.45) is 0 Å². The number of nitro benzene ring substituents is 1. The molecule has 1 aromatic rings. The van der Waals surface area contributed by atoms with Crippen LogP contribution in [0.15, 0.2) is 30.4 Å². The zero-order chi connectivity index (χ0) is 14.3. The van der Waals surface area contributed by atoms with Gasteiger partial charge in [0.15, 0.2) is 0 Å². The van der Waals surface area contributed by atoms with Gasteiger partial charge in [-0.2, -0.15) is 0 Å². The highest BCUT2D eigenvalue weighted by molar-refractivity contribution is 5.81. The summed E-state index contributed by atoms with van der Waals surface area (Å²) in [6.07, 6.45) is 2.80. The number of nitrogens with zero attached hydrogens (tertiary/aromatic N) is 1. The van der Waals surface area contributed by atoms with Gasteiger partial charge in [0, 0.05) is 17.7 Å². The maximum atomic E-state index is 11.0. The summed E-state index contributed by atoms with van der Waals surface area (Å²) in [5, 5.41) is 10.6. The van der Waals surface area contributed by atoms with Crippen LogP contribution >= 0.6 is 0 Å². The number of rotatable bonds is 6. The Bertz CT molecular complexity index is 496. The molecule has 0 amide bonds. The van der Waals surface area contributed by atoms with Crippen molar-refractivity contribution < 1.29 is 19.2 Å². The van der Waals surface area contributed by atoms with E-state index in [1.165, 1.54) is 24.3 Å². The molecule has 0 atom stereocenters. The maximum Gasteiger partial charge on any atom is 0.330 e. The minimum absolute atomic E-state index is 0.0504. The number of carbonyl (C=O) groups is 1. The normalized spacial score (nSPS) is 10.4. The summed E-state index contributed by atoms with van der Waals surface area (Å²) < 4.78 is 10.0. The zero-order valence-corrected chi connectivity index (χ0v) is 10.8. The Morgan fingerprint density at radius 3 is 2.79 bits per heavy atom. The lowest BCUT2D eigenvalue weighted by molar-refractivity contribution is -0.385. The SMILES string of the molecule is CCOC(=O)/C=C/COc1ccc([N+](=O)[O-])c(C)c1. The number of esters is 1. The molecule has 1 rings (SSSR count). The Kier molecular flexibility index (Phi) is 5.53. The van der Waals surface area contributed by atoms with Crippen LogP contribution in [0.2, 0.25) is 0 Å². The predicted molar refractivity (Wildman–Crippen MR) is 69.1 cm³/mol. The van der Waals surface area contributed by atoms with Gasteiger partial charge in [-0.3, -0.25) is 10.1 Å². The Morgan fingerprint density at radius 2 is 2.21 bits per heavy atom. The van der Waals surface area contributed by atoms with Crippen LogP contribution in [-0.4, -0.2) is 24.1 Å². The number of nitro groups is 1. The van der Waals surface area contributed by atoms with Crippen molar-refractivity contribution in [3.8, 4) is 5.75 Å². The molecular formula is C13H15NO5. The van der Waals surface area contributed by atoms with Gasteiger partial charge in [0.25, 0.3) is 5.69 Å². The molecule has 0 aliphatic heterocycles. The van der Waals surface area contributed by atoms with Gasteiger partial charge in [0.05, 0.1) is 11.5 Å². The van der Waals surface area contributed by atoms with E-state index < -0.39 is 10.9 Å². The molecule has 0 bridgehead atoms. The summed E-state index contributed by atoms with van der Waals surface area (Å²) in [5.74, 6) is 0.0857. The minimum atomic E-state index is -0.445. The lowest BCUT2D eigenvalue weighted by Crippen LogP contribution is -2.01. The third kappa shape index (κ3) is 4.79. The summed E-state index contributed by atoms with van der Waals surface area (Å²) in [7, 11) is 0. The Morgan fingerprint density at radius 1 is 1.47 bits per heavy atom. The molecule has 6 nitrogen and oxygen atoms in total. The van der Waals surface area contributed by atoms with E-state index in [4.69, 9.17) is 9.47 Å². The highest BCUT2D eigenvalue weighted by Gasteiger charge is 2.10. The second kappa shape index (κ2) is 7.15. The van der Waals surface area contributed by atoms with Crippen LogP contribution in [0.1, 0.15) is 12.5 Å². The van der Waals surface area contributed by atoms with Gasteiger partial charge in [-0.1, -0.05) is 0 Å². The predicted octanol–water partition coefficient (Wildman–Crippen LogP) is 2.40. The summed E-state index contributed by atoms with van der Waals surface area (Å²) in [6.45, 7) is 3.88. The van der Waals surface area contributed by atoms with E-state index in [2.05, 4.69) is 0 Å². The van der Waals surface area contributed by atoms with E-state index >= 15 is 0 Å². The van der Waals surface area contributed by atoms with Crippen LogP contribution in [0.3, 0.4) is 0 Å². The Labute approximate surface area is 110 Å². The highest BCUT2D eigenvalue weighted by atomic mass is 16.6. The van der Waals surface area contributed by atoms with Crippen LogP contribution in [0.5, 0.6) is 5.75 Å². The molecule has 6 heteroatoms. The molecule has 0 N–H and O–H groups in total. The number of aryl methyl sites for hydroxylation is 1. The van der Waals surface area contributed by atoms with Gasteiger partial charge in [-0.25, -0.2) is 4.79 Å². The van der Waals surface area contributed by atoms with Crippen LogP contribution < -0.4 is 4.74 Å². The largest absolute Gasteiger partial charge is 0.490 e. The van der Waals surface area contributed by atoms with E-state index in [0.29, 0.717) is 17.9 Å². The lowest BCUT2D eigenvalue weighted by atomic mass is 10.2. The molecular weight excluding hydrogens is 250 g/mol. The fraction of sp³-hybridized carbons (Fsp3) is 0.308. The van der Waals surface area contributed by atoms with E-state index in [1.807, 2.05) is 0 Å². The first-order valence-electron chi connectivity index (χ1n) is 5.75. The summed E-state index contributed by atoms with van der Waals surface area (Å²) >= 11 is 0. The summed E-state index contributed by atoms with van der Waals surface area (Å²) in [5.41, 5.74) is 0.575. The van der Waals surface area contributed by atoms with Gasteiger partial charge in [-0.15, -0.1) is 0 Å². The molecule has 0 aliphatic carbocycles. The molecule has 0 heterocycles. The standard InChI is InChI=1S/C13H15NO5/c1-3-18-13(15)5-4-8-19-11-6-7-12(14(16)17)10(2)9-11/h4-7,9H,3,8H2,1-2H3/b5-4+. The minimum Gasteiger partial charge on any atom is -0.490 e. The van der Waals surface area contributed by atoms with Crippen molar-refractivity contribution in [3.63, 3.8) is 0 Å². The third-order valence-electron chi connectivity index (χ3n) is 2.25. The Balaban J connectivity index is 2.53. The first-order valence-corrected chi connectivity index (χ1v) is 5.75. The number of hydrogen-bond donors (Lipinski definition) is 0. The topological polar surface area (TPSA) is 78.7 Å². The monoisotopic (exact) mass is 265 g/mol. The molecule has 102 valence electrons. The fourth-order valence-corrected chi connectivity index (χ4v) is 1.40. The van der Waals surface area contributed by atoms with E-state index in [1.54, 1.807) is 19.9 Å². The molecule has 19 heavy (non-hydrogen) atoms. The number of ether oxygens (including phenoxy) is 2. The second-order valence-corrected chi connectivity index (χ2v) is 3.67. The van der Waals surface area contributed by atoms with Gasteiger partial charge in [0.1, 0.15) is 12.4 Å². The van der Waals surface area contributed by atoms with Gasteiger partial charge in [-0.05, 0) is 32.1 Å². The molecule has 0 unspecified atom stereocenters. The fourth-order valence-electron chi connectivity index (χ4n) is 1.40. The molecule has 0 fully saturated rings. The van der Waals surface area contributed by atoms with Crippen LogP contribution in [-0.2, 0) is 9.53 Å². The molecule has 0 radical (unpaired) electrons. The van der Waals surface area contributed by atoms with Crippen LogP contribution in [0.25, 0.3) is 0 Å². The van der Waals surface area contributed by atoms with Crippen molar-refractivity contribution in [3.05, 3.63) is 46.0 Å². The van der Waals surface area contributed by atoms with Gasteiger partial charge >= 0.3 is 5.97 Å². The van der Waals surface area contributed by atoms with Crippen molar-refractivity contribution in [1.29, 1.82) is 0 Å². The number of benzene rings is 1. The quantitative estimate of drug-likeness (QED) is 0.341. The first-order chi connectivity index (χ1) is 9.04. The van der Waals surface area contributed by atoms with Crippen molar-refractivity contribution in [2.45, 2.75) is 13.8 Å². The summed E-state index contributed by atoms with van der Waals surface area (Å²) in [4.78, 5) is 21.2. The van der Waals surface area contributed by atoms with Crippen molar-refractivity contribution >= 4 is 11.7 Å². The first kappa shape index (κ1) is 14.7. The van der Waals surface area contributed by atoms with Gasteiger partial charge < -0.3 is 9.47 Å². The second-order valence-electron chi connectivity index (χ2n) is 3.67. The smallest absolute Gasteiger partial charge is 0.330 e.